The number of morpholine rings is 1. The molecule has 166 valence electrons. The number of amides is 1. The van der Waals surface area contributed by atoms with E-state index >= 15 is 0 Å². The zero-order chi connectivity index (χ0) is 21.7. The summed E-state index contributed by atoms with van der Waals surface area (Å²) in [5, 5.41) is 8.36. The van der Waals surface area contributed by atoms with Crippen LogP contribution >= 0.6 is 11.8 Å². The number of hydrogen-bond acceptors (Lipinski definition) is 7. The summed E-state index contributed by atoms with van der Waals surface area (Å²) >= 11 is 1.50. The van der Waals surface area contributed by atoms with E-state index in [1.807, 2.05) is 20.1 Å². The van der Waals surface area contributed by atoms with E-state index in [0.29, 0.717) is 42.3 Å². The highest BCUT2D eigenvalue weighted by molar-refractivity contribution is 7.98. The van der Waals surface area contributed by atoms with Gasteiger partial charge >= 0.3 is 0 Å². The number of aromatic nitrogens is 4. The molecule has 0 saturated carbocycles. The van der Waals surface area contributed by atoms with Gasteiger partial charge in [0, 0.05) is 43.5 Å². The Morgan fingerprint density at radius 1 is 1.23 bits per heavy atom. The quantitative estimate of drug-likeness (QED) is 0.606. The van der Waals surface area contributed by atoms with E-state index < -0.39 is 0 Å². The van der Waals surface area contributed by atoms with E-state index in [1.54, 1.807) is 4.52 Å². The molecule has 3 rings (SSSR count). The third-order valence-corrected chi connectivity index (χ3v) is 6.19. The molecule has 0 aromatic carbocycles. The van der Waals surface area contributed by atoms with Gasteiger partial charge in [0.15, 0.2) is 0 Å². The monoisotopic (exact) mass is 434 g/mol. The number of thioether (sulfide) groups is 1. The van der Waals surface area contributed by atoms with Crippen LogP contribution in [-0.4, -0.2) is 75.5 Å². The number of hydrogen-bond donors (Lipinski definition) is 1. The van der Waals surface area contributed by atoms with E-state index in [9.17, 15) is 4.79 Å². The summed E-state index contributed by atoms with van der Waals surface area (Å²) in [7, 11) is 0. The Bertz CT molecular complexity index is 863. The minimum atomic E-state index is 0.0827. The smallest absolute Gasteiger partial charge is 0.253 e. The minimum absolute atomic E-state index is 0.0827. The van der Waals surface area contributed by atoms with E-state index in [2.05, 4.69) is 39.1 Å². The van der Waals surface area contributed by atoms with Gasteiger partial charge < -0.3 is 10.1 Å². The number of carbonyl (C=O) groups excluding carboxylic acids is 1. The molecule has 0 aliphatic carbocycles. The predicted molar refractivity (Wildman–Crippen MR) is 119 cm³/mol. The van der Waals surface area contributed by atoms with Crippen molar-refractivity contribution >= 4 is 23.4 Å². The van der Waals surface area contributed by atoms with Gasteiger partial charge in [-0.3, -0.25) is 9.69 Å². The highest BCUT2D eigenvalue weighted by Crippen LogP contribution is 2.18. The van der Waals surface area contributed by atoms with Crippen molar-refractivity contribution in [3.05, 3.63) is 17.0 Å². The highest BCUT2D eigenvalue weighted by atomic mass is 32.2. The average molecular weight is 435 g/mol. The summed E-state index contributed by atoms with van der Waals surface area (Å²) in [4.78, 5) is 24.1. The van der Waals surface area contributed by atoms with Crippen molar-refractivity contribution in [2.75, 3.05) is 39.1 Å². The summed E-state index contributed by atoms with van der Waals surface area (Å²) in [6.45, 7) is 12.6. The van der Waals surface area contributed by atoms with E-state index in [4.69, 9.17) is 4.74 Å². The highest BCUT2D eigenvalue weighted by Gasteiger charge is 2.22. The Kier molecular flexibility index (Phi) is 8.07. The normalized spacial score (nSPS) is 16.3. The van der Waals surface area contributed by atoms with Crippen molar-refractivity contribution in [2.24, 2.45) is 5.92 Å². The van der Waals surface area contributed by atoms with Crippen molar-refractivity contribution in [1.29, 1.82) is 0 Å². The molecule has 9 heteroatoms. The lowest BCUT2D eigenvalue weighted by molar-refractivity contribution is -0.121. The van der Waals surface area contributed by atoms with Crippen LogP contribution in [0, 0.1) is 19.8 Å². The van der Waals surface area contributed by atoms with Crippen LogP contribution in [0.15, 0.2) is 5.16 Å². The number of ether oxygens (including phenoxy) is 1. The van der Waals surface area contributed by atoms with Gasteiger partial charge in [-0.25, -0.2) is 9.50 Å². The summed E-state index contributed by atoms with van der Waals surface area (Å²) in [5.74, 6) is 1.29. The lowest BCUT2D eigenvalue weighted by Gasteiger charge is -2.35. The average Bonchev–Trinajstić information content (AvgIpc) is 3.14. The Morgan fingerprint density at radius 3 is 2.63 bits per heavy atom. The SMILES string of the molecule is CSc1nc2nc(C)c(CCC(=O)NCC(CC(C)C)N3CCOCC3)c(C)n2n1. The number of nitrogens with one attached hydrogen (secondary N) is 1. The van der Waals surface area contributed by atoms with Gasteiger partial charge in [-0.1, -0.05) is 25.6 Å². The van der Waals surface area contributed by atoms with Crippen LogP contribution in [-0.2, 0) is 16.0 Å². The van der Waals surface area contributed by atoms with Crippen LogP contribution in [0.1, 0.15) is 43.6 Å². The molecule has 30 heavy (non-hydrogen) atoms. The number of rotatable bonds is 9. The topological polar surface area (TPSA) is 84.7 Å². The van der Waals surface area contributed by atoms with Crippen molar-refractivity contribution in [2.45, 2.75) is 58.2 Å². The molecule has 1 amide bonds. The van der Waals surface area contributed by atoms with Gasteiger partial charge in [-0.05, 0) is 44.4 Å². The molecule has 2 aromatic rings. The molecular formula is C21H34N6O2S. The molecule has 0 radical (unpaired) electrons. The summed E-state index contributed by atoms with van der Waals surface area (Å²) in [6.07, 6.45) is 4.11. The standard InChI is InChI=1S/C21H34N6O2S/c1-14(2)12-17(26-8-10-29-11-9-26)13-22-19(28)7-6-18-15(3)23-20-24-21(30-5)25-27(20)16(18)4/h14,17H,6-13H2,1-5H3,(H,22,28). The van der Waals surface area contributed by atoms with E-state index in [0.717, 1.165) is 49.7 Å². The number of fused-ring (bicyclic) bond motifs is 1. The molecular weight excluding hydrogens is 400 g/mol. The molecule has 1 N–H and O–H groups in total. The first-order valence-electron chi connectivity index (χ1n) is 10.7. The molecule has 8 nitrogen and oxygen atoms in total. The Morgan fingerprint density at radius 2 is 1.97 bits per heavy atom. The van der Waals surface area contributed by atoms with Crippen molar-refractivity contribution in [3.8, 4) is 0 Å². The maximum Gasteiger partial charge on any atom is 0.253 e. The van der Waals surface area contributed by atoms with Gasteiger partial charge in [-0.2, -0.15) is 4.98 Å². The molecule has 0 bridgehead atoms. The van der Waals surface area contributed by atoms with Gasteiger partial charge in [0.2, 0.25) is 11.1 Å². The fourth-order valence-electron chi connectivity index (χ4n) is 4.05. The van der Waals surface area contributed by atoms with Gasteiger partial charge in [-0.15, -0.1) is 5.10 Å². The molecule has 3 heterocycles. The van der Waals surface area contributed by atoms with Gasteiger partial charge in [0.1, 0.15) is 0 Å². The molecule has 1 atom stereocenters. The van der Waals surface area contributed by atoms with E-state index in [-0.39, 0.29) is 5.91 Å². The first-order chi connectivity index (χ1) is 14.4. The summed E-state index contributed by atoms with van der Waals surface area (Å²) in [5.41, 5.74) is 2.99. The fraction of sp³-hybridized carbons (Fsp3) is 0.714. The zero-order valence-corrected chi connectivity index (χ0v) is 19.6. The third kappa shape index (κ3) is 5.70. The largest absolute Gasteiger partial charge is 0.379 e. The van der Waals surface area contributed by atoms with Crippen LogP contribution in [0.3, 0.4) is 0 Å². The predicted octanol–water partition coefficient (Wildman–Crippen LogP) is 2.26. The van der Waals surface area contributed by atoms with E-state index in [1.165, 1.54) is 11.8 Å². The second-order valence-electron chi connectivity index (χ2n) is 8.31. The maximum absolute atomic E-state index is 12.6. The van der Waals surface area contributed by atoms with Gasteiger partial charge in [0.05, 0.1) is 13.2 Å². The number of aryl methyl sites for hydroxylation is 2. The second kappa shape index (κ2) is 10.5. The van der Waals surface area contributed by atoms with Gasteiger partial charge in [0.25, 0.3) is 5.78 Å². The maximum atomic E-state index is 12.6. The van der Waals surface area contributed by atoms with Crippen LogP contribution < -0.4 is 5.32 Å². The molecule has 1 aliphatic heterocycles. The molecule has 1 saturated heterocycles. The summed E-state index contributed by atoms with van der Waals surface area (Å²) < 4.78 is 7.26. The number of carbonyl (C=O) groups is 1. The molecule has 1 fully saturated rings. The second-order valence-corrected chi connectivity index (χ2v) is 9.08. The first kappa shape index (κ1) is 23.0. The lowest BCUT2D eigenvalue weighted by Crippen LogP contribution is -2.49. The first-order valence-corrected chi connectivity index (χ1v) is 12.0. The molecule has 2 aromatic heterocycles. The summed E-state index contributed by atoms with van der Waals surface area (Å²) in [6, 6.07) is 0.361. The third-order valence-electron chi connectivity index (χ3n) is 5.65. The Balaban J connectivity index is 1.59. The van der Waals surface area contributed by atoms with Crippen molar-refractivity contribution in [3.63, 3.8) is 0 Å². The fourth-order valence-corrected chi connectivity index (χ4v) is 4.38. The van der Waals surface area contributed by atoms with Crippen molar-refractivity contribution < 1.29 is 9.53 Å². The molecule has 0 spiro atoms. The Hall–Kier alpha value is -1.71. The Labute approximate surface area is 183 Å². The lowest BCUT2D eigenvalue weighted by atomic mass is 10.0. The zero-order valence-electron chi connectivity index (χ0n) is 18.8. The number of nitrogens with zero attached hydrogens (tertiary/aromatic N) is 5. The van der Waals surface area contributed by atoms with Crippen LogP contribution in [0.2, 0.25) is 0 Å². The van der Waals surface area contributed by atoms with Crippen LogP contribution in [0.5, 0.6) is 0 Å². The van der Waals surface area contributed by atoms with Crippen molar-refractivity contribution in [1.82, 2.24) is 29.8 Å². The van der Waals surface area contributed by atoms with Crippen LogP contribution in [0.25, 0.3) is 5.78 Å². The molecule has 1 aliphatic rings. The van der Waals surface area contributed by atoms with Crippen LogP contribution in [0.4, 0.5) is 0 Å². The minimum Gasteiger partial charge on any atom is -0.379 e. The molecule has 1 unspecified atom stereocenters.